The zero-order valence-corrected chi connectivity index (χ0v) is 10.6. The summed E-state index contributed by atoms with van der Waals surface area (Å²) >= 11 is 2.02. The Balaban J connectivity index is 1.99. The van der Waals surface area contributed by atoms with Crippen LogP contribution in [-0.2, 0) is 12.8 Å². The van der Waals surface area contributed by atoms with Gasteiger partial charge in [0.05, 0.1) is 0 Å². The third-order valence-electron chi connectivity index (χ3n) is 2.15. The van der Waals surface area contributed by atoms with Crippen LogP contribution in [0.25, 0.3) is 0 Å². The molecular weight excluding hydrogens is 303 g/mol. The number of rotatable bonds is 3. The molecule has 0 N–H and O–H groups in total. The lowest BCUT2D eigenvalue weighted by Crippen LogP contribution is -1.92. The van der Waals surface area contributed by atoms with Crippen LogP contribution in [0.4, 0.5) is 0 Å². The summed E-state index contributed by atoms with van der Waals surface area (Å²) in [6, 6.07) is 8.47. The van der Waals surface area contributed by atoms with Gasteiger partial charge in [-0.1, -0.05) is 29.8 Å². The van der Waals surface area contributed by atoms with Gasteiger partial charge in [0.1, 0.15) is 0 Å². The number of aryl methyl sites for hydroxylation is 3. The fourth-order valence-corrected chi connectivity index (χ4v) is 1.82. The first-order valence-electron chi connectivity index (χ1n) is 4.77. The van der Waals surface area contributed by atoms with Crippen LogP contribution in [0.1, 0.15) is 17.0 Å². The molecule has 0 aliphatic rings. The molecule has 0 aliphatic heterocycles. The van der Waals surface area contributed by atoms with Crippen molar-refractivity contribution >= 4 is 22.6 Å². The molecule has 0 saturated heterocycles. The van der Waals surface area contributed by atoms with E-state index in [9.17, 15) is 0 Å². The number of benzene rings is 1. The van der Waals surface area contributed by atoms with Crippen LogP contribution in [0, 0.1) is 10.8 Å². The van der Waals surface area contributed by atoms with Gasteiger partial charge in [0.15, 0.2) is 0 Å². The van der Waals surface area contributed by atoms with Crippen molar-refractivity contribution in [3.8, 4) is 0 Å². The molecule has 0 bridgehead atoms. The fourth-order valence-electron chi connectivity index (χ4n) is 1.45. The van der Waals surface area contributed by atoms with Gasteiger partial charge in [-0.3, -0.25) is 0 Å². The Morgan fingerprint density at radius 1 is 1.27 bits per heavy atom. The molecule has 78 valence electrons. The van der Waals surface area contributed by atoms with Gasteiger partial charge in [0.25, 0.3) is 3.90 Å². The van der Waals surface area contributed by atoms with Gasteiger partial charge < -0.3 is 4.42 Å². The van der Waals surface area contributed by atoms with Gasteiger partial charge in [0.2, 0.25) is 5.89 Å². The molecule has 1 heterocycles. The van der Waals surface area contributed by atoms with Crippen LogP contribution >= 0.6 is 22.6 Å². The number of aromatic nitrogens is 2. The first-order chi connectivity index (χ1) is 7.24. The maximum atomic E-state index is 5.30. The fraction of sp³-hybridized carbons (Fsp3) is 0.273. The van der Waals surface area contributed by atoms with E-state index in [0.29, 0.717) is 9.79 Å². The summed E-state index contributed by atoms with van der Waals surface area (Å²) in [6.07, 6.45) is 1.75. The minimum absolute atomic E-state index is 0.604. The summed E-state index contributed by atoms with van der Waals surface area (Å²) in [5, 5.41) is 7.75. The van der Waals surface area contributed by atoms with Gasteiger partial charge in [-0.25, -0.2) is 0 Å². The van der Waals surface area contributed by atoms with Crippen molar-refractivity contribution in [2.45, 2.75) is 19.8 Å². The van der Waals surface area contributed by atoms with E-state index in [1.807, 2.05) is 22.6 Å². The smallest absolute Gasteiger partial charge is 0.278 e. The second kappa shape index (κ2) is 4.74. The number of nitrogens with zero attached hydrogens (tertiary/aromatic N) is 2. The van der Waals surface area contributed by atoms with Crippen molar-refractivity contribution in [1.29, 1.82) is 0 Å². The highest BCUT2D eigenvalue weighted by Gasteiger charge is 2.03. The van der Waals surface area contributed by atoms with Crippen LogP contribution in [0.5, 0.6) is 0 Å². The van der Waals surface area contributed by atoms with Crippen LogP contribution in [0.3, 0.4) is 0 Å². The largest absolute Gasteiger partial charge is 0.416 e. The van der Waals surface area contributed by atoms with E-state index < -0.39 is 0 Å². The average molecular weight is 314 g/mol. The third-order valence-corrected chi connectivity index (χ3v) is 2.59. The second-order valence-corrected chi connectivity index (χ2v) is 4.36. The molecule has 0 atom stereocenters. The second-order valence-electron chi connectivity index (χ2n) is 3.44. The van der Waals surface area contributed by atoms with Crippen LogP contribution in [-0.4, -0.2) is 10.2 Å². The Hall–Kier alpha value is -0.910. The number of hydrogen-bond donors (Lipinski definition) is 0. The van der Waals surface area contributed by atoms with Gasteiger partial charge >= 0.3 is 0 Å². The molecule has 0 unspecified atom stereocenters. The molecule has 1 aromatic heterocycles. The van der Waals surface area contributed by atoms with Gasteiger partial charge in [-0.05, 0) is 18.9 Å². The molecule has 2 aromatic rings. The number of halogens is 1. The minimum Gasteiger partial charge on any atom is -0.416 e. The summed E-state index contributed by atoms with van der Waals surface area (Å²) < 4.78 is 5.90. The van der Waals surface area contributed by atoms with E-state index in [1.54, 1.807) is 0 Å². The van der Waals surface area contributed by atoms with Gasteiger partial charge in [-0.2, -0.15) is 0 Å². The van der Waals surface area contributed by atoms with E-state index in [2.05, 4.69) is 41.4 Å². The number of hydrogen-bond acceptors (Lipinski definition) is 3. The maximum Gasteiger partial charge on any atom is 0.278 e. The monoisotopic (exact) mass is 314 g/mol. The van der Waals surface area contributed by atoms with Crippen molar-refractivity contribution in [2.24, 2.45) is 0 Å². The van der Waals surface area contributed by atoms with Crippen LogP contribution in [0.15, 0.2) is 28.7 Å². The topological polar surface area (TPSA) is 38.9 Å². The standard InChI is InChI=1S/C11H11IN2O/c1-8-3-2-4-9(7-8)5-6-10-13-14-11(12)15-10/h2-4,7H,5-6H2,1H3. The predicted molar refractivity (Wildman–Crippen MR) is 65.6 cm³/mol. The minimum atomic E-state index is 0.604. The quantitative estimate of drug-likeness (QED) is 0.818. The third kappa shape index (κ3) is 3.02. The van der Waals surface area contributed by atoms with Crippen LogP contribution < -0.4 is 0 Å². The molecule has 4 heteroatoms. The molecule has 15 heavy (non-hydrogen) atoms. The average Bonchev–Trinajstić information content (AvgIpc) is 2.62. The van der Waals surface area contributed by atoms with E-state index in [1.165, 1.54) is 11.1 Å². The van der Waals surface area contributed by atoms with Crippen LogP contribution in [0.2, 0.25) is 0 Å². The lowest BCUT2D eigenvalue weighted by atomic mass is 10.1. The molecule has 0 fully saturated rings. The summed E-state index contributed by atoms with van der Waals surface area (Å²) in [5.41, 5.74) is 2.59. The molecule has 0 amide bonds. The van der Waals surface area contributed by atoms with E-state index in [0.717, 1.165) is 12.8 Å². The Labute approximate surface area is 102 Å². The highest BCUT2D eigenvalue weighted by molar-refractivity contribution is 14.1. The van der Waals surface area contributed by atoms with Crippen molar-refractivity contribution in [1.82, 2.24) is 10.2 Å². The highest BCUT2D eigenvalue weighted by Crippen LogP contribution is 2.09. The Morgan fingerprint density at radius 2 is 2.13 bits per heavy atom. The van der Waals surface area contributed by atoms with E-state index in [4.69, 9.17) is 4.42 Å². The predicted octanol–water partition coefficient (Wildman–Crippen LogP) is 2.77. The first kappa shape index (κ1) is 10.6. The Kier molecular flexibility index (Phi) is 3.35. The van der Waals surface area contributed by atoms with Crippen molar-refractivity contribution in [3.05, 3.63) is 45.2 Å². The Morgan fingerprint density at radius 3 is 2.80 bits per heavy atom. The zero-order chi connectivity index (χ0) is 10.7. The van der Waals surface area contributed by atoms with E-state index in [-0.39, 0.29) is 0 Å². The summed E-state index contributed by atoms with van der Waals surface area (Å²) in [6.45, 7) is 2.10. The molecule has 0 spiro atoms. The molecule has 3 nitrogen and oxygen atoms in total. The van der Waals surface area contributed by atoms with Crippen molar-refractivity contribution in [2.75, 3.05) is 0 Å². The Bertz CT molecular complexity index is 453. The molecule has 1 aromatic carbocycles. The normalized spacial score (nSPS) is 10.5. The first-order valence-corrected chi connectivity index (χ1v) is 5.85. The van der Waals surface area contributed by atoms with Gasteiger partial charge in [0, 0.05) is 29.0 Å². The molecule has 0 radical (unpaired) electrons. The SMILES string of the molecule is Cc1cccc(CCc2nnc(I)o2)c1. The van der Waals surface area contributed by atoms with Crippen molar-refractivity contribution < 1.29 is 4.42 Å². The molecule has 0 aliphatic carbocycles. The summed E-state index contributed by atoms with van der Waals surface area (Å²) in [5.74, 6) is 0.709. The lowest BCUT2D eigenvalue weighted by Gasteiger charge is -1.99. The van der Waals surface area contributed by atoms with Gasteiger partial charge in [-0.15, -0.1) is 10.2 Å². The molecule has 0 saturated carbocycles. The maximum absolute atomic E-state index is 5.30. The molecule has 2 rings (SSSR count). The summed E-state index contributed by atoms with van der Waals surface area (Å²) in [7, 11) is 0. The highest BCUT2D eigenvalue weighted by atomic mass is 127. The zero-order valence-electron chi connectivity index (χ0n) is 8.40. The van der Waals surface area contributed by atoms with E-state index >= 15 is 0 Å². The summed E-state index contributed by atoms with van der Waals surface area (Å²) in [4.78, 5) is 0. The molecular formula is C11H11IN2O. The van der Waals surface area contributed by atoms with Crippen molar-refractivity contribution in [3.63, 3.8) is 0 Å². The lowest BCUT2D eigenvalue weighted by molar-refractivity contribution is 0.468.